The van der Waals surface area contributed by atoms with E-state index in [1.165, 1.54) is 12.1 Å². The summed E-state index contributed by atoms with van der Waals surface area (Å²) in [6.07, 6.45) is -0.463. The summed E-state index contributed by atoms with van der Waals surface area (Å²) in [4.78, 5) is 11.3. The number of carbonyl (C=O) groups is 1. The fraction of sp³-hybridized carbons (Fsp3) is 0.417. The normalized spacial score (nSPS) is 21.6. The molecule has 1 saturated heterocycles. The van der Waals surface area contributed by atoms with Crippen molar-refractivity contribution in [2.24, 2.45) is 5.41 Å². The van der Waals surface area contributed by atoms with Crippen LogP contribution in [0.15, 0.2) is 22.7 Å². The summed E-state index contributed by atoms with van der Waals surface area (Å²) < 4.78 is 19.0. The summed E-state index contributed by atoms with van der Waals surface area (Å²) >= 11 is 3.25. The standard InChI is InChI=1S/C12H13BrFNO2.ClH/c1-12(2)6-17-11(16)15-10(12)7-3-8(13)5-9(14)4-7;/h3-5,10H,6H2,1-2H3,(H,15,16);1H/t10-;/m0./s1. The number of nitrogens with one attached hydrogen (secondary N) is 1. The second-order valence-electron chi connectivity index (χ2n) is 4.84. The minimum absolute atomic E-state index is 0. The molecule has 1 amide bonds. The van der Waals surface area contributed by atoms with Gasteiger partial charge in [0.25, 0.3) is 0 Å². The first-order valence-corrected chi connectivity index (χ1v) is 6.07. The third kappa shape index (κ3) is 3.14. The number of amides is 1. The van der Waals surface area contributed by atoms with Crippen molar-refractivity contribution in [1.29, 1.82) is 0 Å². The molecule has 0 spiro atoms. The van der Waals surface area contributed by atoms with Crippen LogP contribution >= 0.6 is 28.3 Å². The molecule has 0 aliphatic carbocycles. The van der Waals surface area contributed by atoms with Gasteiger partial charge >= 0.3 is 6.09 Å². The van der Waals surface area contributed by atoms with Gasteiger partial charge in [0.2, 0.25) is 0 Å². The molecule has 1 N–H and O–H groups in total. The fourth-order valence-corrected chi connectivity index (χ4v) is 2.45. The Balaban J connectivity index is 0.00000162. The topological polar surface area (TPSA) is 38.3 Å². The molecule has 100 valence electrons. The Kier molecular flexibility index (Phi) is 4.61. The monoisotopic (exact) mass is 337 g/mol. The molecule has 1 aromatic rings. The van der Waals surface area contributed by atoms with Gasteiger partial charge in [0.1, 0.15) is 12.4 Å². The zero-order valence-electron chi connectivity index (χ0n) is 10.00. The van der Waals surface area contributed by atoms with Gasteiger partial charge in [-0.3, -0.25) is 0 Å². The molecule has 18 heavy (non-hydrogen) atoms. The van der Waals surface area contributed by atoms with E-state index in [4.69, 9.17) is 4.74 Å². The Morgan fingerprint density at radius 3 is 2.72 bits per heavy atom. The predicted octanol–water partition coefficient (Wildman–Crippen LogP) is 3.82. The molecule has 1 aliphatic heterocycles. The quantitative estimate of drug-likeness (QED) is 0.845. The van der Waals surface area contributed by atoms with E-state index in [0.717, 1.165) is 5.56 Å². The smallest absolute Gasteiger partial charge is 0.407 e. The molecule has 2 rings (SSSR count). The maximum Gasteiger partial charge on any atom is 0.407 e. The van der Waals surface area contributed by atoms with E-state index in [1.54, 1.807) is 6.07 Å². The van der Waals surface area contributed by atoms with Crippen LogP contribution < -0.4 is 5.32 Å². The van der Waals surface area contributed by atoms with Crippen molar-refractivity contribution in [2.75, 3.05) is 6.61 Å². The van der Waals surface area contributed by atoms with E-state index in [2.05, 4.69) is 21.2 Å². The third-order valence-electron chi connectivity index (χ3n) is 2.84. The van der Waals surface area contributed by atoms with Crippen LogP contribution in [-0.2, 0) is 4.74 Å². The van der Waals surface area contributed by atoms with E-state index in [0.29, 0.717) is 11.1 Å². The van der Waals surface area contributed by atoms with Gasteiger partial charge in [-0.25, -0.2) is 9.18 Å². The van der Waals surface area contributed by atoms with Crippen LogP contribution in [0.4, 0.5) is 9.18 Å². The Hall–Kier alpha value is -0.810. The summed E-state index contributed by atoms with van der Waals surface area (Å²) in [6.45, 7) is 4.25. The number of halogens is 3. The number of alkyl carbamates (subject to hydrolysis) is 1. The maximum absolute atomic E-state index is 13.4. The Morgan fingerprint density at radius 1 is 1.44 bits per heavy atom. The van der Waals surface area contributed by atoms with Crippen LogP contribution in [0.3, 0.4) is 0 Å². The molecule has 1 aromatic carbocycles. The molecule has 6 heteroatoms. The highest BCUT2D eigenvalue weighted by Crippen LogP contribution is 2.37. The summed E-state index contributed by atoms with van der Waals surface area (Å²) in [5.41, 5.74) is 0.458. The van der Waals surface area contributed by atoms with E-state index >= 15 is 0 Å². The third-order valence-corrected chi connectivity index (χ3v) is 3.29. The Labute approximate surface area is 120 Å². The fourth-order valence-electron chi connectivity index (χ4n) is 1.97. The number of ether oxygens (including phenoxy) is 1. The van der Waals surface area contributed by atoms with Gasteiger partial charge < -0.3 is 10.1 Å². The lowest BCUT2D eigenvalue weighted by Crippen LogP contribution is -2.46. The highest BCUT2D eigenvalue weighted by molar-refractivity contribution is 9.10. The first-order valence-electron chi connectivity index (χ1n) is 5.28. The highest BCUT2D eigenvalue weighted by Gasteiger charge is 2.38. The lowest BCUT2D eigenvalue weighted by molar-refractivity contribution is 0.0386. The average Bonchev–Trinajstić information content (AvgIpc) is 2.20. The van der Waals surface area contributed by atoms with Gasteiger partial charge in [-0.2, -0.15) is 0 Å². The highest BCUT2D eigenvalue weighted by atomic mass is 79.9. The largest absolute Gasteiger partial charge is 0.449 e. The van der Waals surface area contributed by atoms with Gasteiger partial charge in [-0.15, -0.1) is 12.4 Å². The van der Waals surface area contributed by atoms with Crippen molar-refractivity contribution in [3.63, 3.8) is 0 Å². The van der Waals surface area contributed by atoms with E-state index < -0.39 is 6.09 Å². The number of carbonyl (C=O) groups excluding carboxylic acids is 1. The molecule has 0 saturated carbocycles. The molecular weight excluding hydrogens is 324 g/mol. The first kappa shape index (κ1) is 15.2. The van der Waals surface area contributed by atoms with Gasteiger partial charge in [-0.1, -0.05) is 29.8 Å². The second kappa shape index (κ2) is 5.45. The number of hydrogen-bond donors (Lipinski definition) is 1. The summed E-state index contributed by atoms with van der Waals surface area (Å²) in [5, 5.41) is 2.73. The van der Waals surface area contributed by atoms with Gasteiger partial charge in [0.15, 0.2) is 0 Å². The average molecular weight is 339 g/mol. The molecular formula is C12H14BrClFNO2. The molecule has 1 aliphatic rings. The van der Waals surface area contributed by atoms with E-state index in [-0.39, 0.29) is 29.7 Å². The molecule has 0 aromatic heterocycles. The van der Waals surface area contributed by atoms with Crippen molar-refractivity contribution >= 4 is 34.4 Å². The van der Waals surface area contributed by atoms with Crippen LogP contribution in [0, 0.1) is 11.2 Å². The van der Waals surface area contributed by atoms with Crippen molar-refractivity contribution in [2.45, 2.75) is 19.9 Å². The number of cyclic esters (lactones) is 1. The van der Waals surface area contributed by atoms with Crippen molar-refractivity contribution < 1.29 is 13.9 Å². The SMILES string of the molecule is CC1(C)COC(=O)N[C@H]1c1cc(F)cc(Br)c1.Cl. The van der Waals surface area contributed by atoms with E-state index in [1.807, 2.05) is 13.8 Å². The van der Waals surface area contributed by atoms with Crippen LogP contribution in [-0.4, -0.2) is 12.7 Å². The number of rotatable bonds is 1. The lowest BCUT2D eigenvalue weighted by Gasteiger charge is -2.38. The number of hydrogen-bond acceptors (Lipinski definition) is 2. The second-order valence-corrected chi connectivity index (χ2v) is 5.76. The first-order chi connectivity index (χ1) is 7.88. The van der Waals surface area contributed by atoms with Crippen LogP contribution in [0.2, 0.25) is 0 Å². The van der Waals surface area contributed by atoms with Crippen LogP contribution in [0.25, 0.3) is 0 Å². The van der Waals surface area contributed by atoms with Gasteiger partial charge in [0, 0.05) is 9.89 Å². The zero-order chi connectivity index (χ0) is 12.6. The van der Waals surface area contributed by atoms with E-state index in [9.17, 15) is 9.18 Å². The summed E-state index contributed by atoms with van der Waals surface area (Å²) in [6, 6.07) is 4.37. The van der Waals surface area contributed by atoms with Crippen LogP contribution in [0.5, 0.6) is 0 Å². The Morgan fingerprint density at radius 2 is 2.11 bits per heavy atom. The predicted molar refractivity (Wildman–Crippen MR) is 72.4 cm³/mol. The molecule has 0 radical (unpaired) electrons. The van der Waals surface area contributed by atoms with Gasteiger partial charge in [0.05, 0.1) is 6.04 Å². The maximum atomic E-state index is 13.4. The molecule has 1 atom stereocenters. The number of benzene rings is 1. The molecule has 0 unspecified atom stereocenters. The minimum Gasteiger partial charge on any atom is -0.449 e. The molecule has 3 nitrogen and oxygen atoms in total. The summed E-state index contributed by atoms with van der Waals surface area (Å²) in [7, 11) is 0. The Bertz CT molecular complexity index is 447. The summed E-state index contributed by atoms with van der Waals surface area (Å²) in [5.74, 6) is -0.328. The van der Waals surface area contributed by atoms with Gasteiger partial charge in [-0.05, 0) is 23.8 Å². The molecule has 1 fully saturated rings. The minimum atomic E-state index is -0.463. The lowest BCUT2D eigenvalue weighted by atomic mass is 9.80. The van der Waals surface area contributed by atoms with Crippen molar-refractivity contribution in [1.82, 2.24) is 5.32 Å². The van der Waals surface area contributed by atoms with Crippen LogP contribution in [0.1, 0.15) is 25.5 Å². The zero-order valence-corrected chi connectivity index (χ0v) is 12.4. The van der Waals surface area contributed by atoms with Crippen molar-refractivity contribution in [3.8, 4) is 0 Å². The molecule has 1 heterocycles. The molecule has 0 bridgehead atoms. The van der Waals surface area contributed by atoms with Crippen molar-refractivity contribution in [3.05, 3.63) is 34.1 Å².